The first-order valence-corrected chi connectivity index (χ1v) is 5.90. The van der Waals surface area contributed by atoms with E-state index < -0.39 is 5.97 Å². The molecule has 0 aliphatic carbocycles. The molecule has 0 aliphatic heterocycles. The van der Waals surface area contributed by atoms with Gasteiger partial charge in [0.2, 0.25) is 5.88 Å². The zero-order valence-electron chi connectivity index (χ0n) is 10.7. The summed E-state index contributed by atoms with van der Waals surface area (Å²) in [5, 5.41) is 8.86. The Labute approximate surface area is 110 Å². The van der Waals surface area contributed by atoms with Gasteiger partial charge in [-0.05, 0) is 17.5 Å². The average molecular weight is 258 g/mol. The van der Waals surface area contributed by atoms with Crippen LogP contribution < -0.4 is 4.74 Å². The molecule has 1 aromatic carbocycles. The first kappa shape index (κ1) is 13.0. The van der Waals surface area contributed by atoms with E-state index in [0.29, 0.717) is 11.7 Å². The summed E-state index contributed by atoms with van der Waals surface area (Å²) in [4.78, 5) is 18.5. The summed E-state index contributed by atoms with van der Waals surface area (Å²) >= 11 is 0. The number of hydrogen-bond acceptors (Lipinski definition) is 4. The third-order valence-corrected chi connectivity index (χ3v) is 2.59. The normalized spacial score (nSPS) is 10.5. The first-order chi connectivity index (χ1) is 9.08. The van der Waals surface area contributed by atoms with Crippen molar-refractivity contribution in [3.63, 3.8) is 0 Å². The third kappa shape index (κ3) is 3.07. The van der Waals surface area contributed by atoms with Gasteiger partial charge in [0.05, 0.1) is 12.4 Å². The Morgan fingerprint density at radius 2 is 2.00 bits per heavy atom. The smallest absolute Gasteiger partial charge is 0.356 e. The van der Waals surface area contributed by atoms with Gasteiger partial charge in [0, 0.05) is 0 Å². The van der Waals surface area contributed by atoms with E-state index in [4.69, 9.17) is 9.84 Å². The van der Waals surface area contributed by atoms with Crippen molar-refractivity contribution >= 4 is 5.97 Å². The van der Waals surface area contributed by atoms with E-state index >= 15 is 0 Å². The van der Waals surface area contributed by atoms with Gasteiger partial charge in [-0.3, -0.25) is 4.98 Å². The largest absolute Gasteiger partial charge is 0.476 e. The van der Waals surface area contributed by atoms with Crippen LogP contribution in [0.3, 0.4) is 0 Å². The fraction of sp³-hybridized carbons (Fsp3) is 0.214. The zero-order chi connectivity index (χ0) is 13.8. The maximum atomic E-state index is 10.8. The SMILES string of the molecule is CC(C)c1ccccc1Oc1cncc(C(=O)O)n1. The number of nitrogens with zero attached hydrogens (tertiary/aromatic N) is 2. The Balaban J connectivity index is 2.31. The average Bonchev–Trinajstić information content (AvgIpc) is 2.39. The van der Waals surface area contributed by atoms with Gasteiger partial charge in [-0.25, -0.2) is 9.78 Å². The highest BCUT2D eigenvalue weighted by atomic mass is 16.5. The number of carboxylic acid groups (broad SMARTS) is 1. The summed E-state index contributed by atoms with van der Waals surface area (Å²) in [6.07, 6.45) is 2.58. The first-order valence-electron chi connectivity index (χ1n) is 5.90. The van der Waals surface area contributed by atoms with Gasteiger partial charge in [-0.15, -0.1) is 0 Å². The molecule has 1 aromatic heterocycles. The van der Waals surface area contributed by atoms with E-state index in [2.05, 4.69) is 23.8 Å². The van der Waals surface area contributed by atoms with E-state index in [9.17, 15) is 4.79 Å². The van der Waals surface area contributed by atoms with Gasteiger partial charge in [0.1, 0.15) is 5.75 Å². The van der Waals surface area contributed by atoms with E-state index in [1.807, 2.05) is 24.3 Å². The molecule has 0 spiro atoms. The molecular weight excluding hydrogens is 244 g/mol. The van der Waals surface area contributed by atoms with Crippen molar-refractivity contribution in [2.75, 3.05) is 0 Å². The summed E-state index contributed by atoms with van der Waals surface area (Å²) in [5.74, 6) is 0.00393. The molecule has 0 radical (unpaired) electrons. The van der Waals surface area contributed by atoms with Crippen LogP contribution in [0.4, 0.5) is 0 Å². The van der Waals surface area contributed by atoms with E-state index in [-0.39, 0.29) is 11.6 Å². The number of carbonyl (C=O) groups is 1. The van der Waals surface area contributed by atoms with Crippen molar-refractivity contribution in [2.24, 2.45) is 0 Å². The van der Waals surface area contributed by atoms with Gasteiger partial charge in [-0.2, -0.15) is 0 Å². The third-order valence-electron chi connectivity index (χ3n) is 2.59. The molecule has 0 aliphatic rings. The molecule has 0 atom stereocenters. The van der Waals surface area contributed by atoms with Crippen LogP contribution in [0.1, 0.15) is 35.8 Å². The van der Waals surface area contributed by atoms with Crippen LogP contribution in [0.25, 0.3) is 0 Å². The minimum atomic E-state index is -1.13. The molecule has 0 saturated heterocycles. The van der Waals surface area contributed by atoms with Gasteiger partial charge in [0.25, 0.3) is 0 Å². The van der Waals surface area contributed by atoms with Gasteiger partial charge >= 0.3 is 5.97 Å². The molecule has 98 valence electrons. The molecule has 19 heavy (non-hydrogen) atoms. The molecular formula is C14H14N2O3. The number of benzene rings is 1. The number of hydrogen-bond donors (Lipinski definition) is 1. The number of para-hydroxylation sites is 1. The zero-order valence-corrected chi connectivity index (χ0v) is 10.7. The molecule has 1 heterocycles. The topological polar surface area (TPSA) is 72.3 Å². The van der Waals surface area contributed by atoms with Crippen molar-refractivity contribution in [1.29, 1.82) is 0 Å². The Hall–Kier alpha value is -2.43. The summed E-state index contributed by atoms with van der Waals surface area (Å²) in [6.45, 7) is 4.11. The highest BCUT2D eigenvalue weighted by Crippen LogP contribution is 2.29. The summed E-state index contributed by atoms with van der Waals surface area (Å²) in [7, 11) is 0. The number of ether oxygens (including phenoxy) is 1. The van der Waals surface area contributed by atoms with Crippen LogP contribution in [0.15, 0.2) is 36.7 Å². The van der Waals surface area contributed by atoms with Crippen molar-refractivity contribution in [3.05, 3.63) is 47.9 Å². The lowest BCUT2D eigenvalue weighted by Crippen LogP contribution is -2.03. The molecule has 5 heteroatoms. The number of carboxylic acids is 1. The fourth-order valence-electron chi connectivity index (χ4n) is 1.66. The second-order valence-corrected chi connectivity index (χ2v) is 4.34. The molecule has 0 unspecified atom stereocenters. The van der Waals surface area contributed by atoms with E-state index in [1.165, 1.54) is 12.4 Å². The molecule has 0 fully saturated rings. The summed E-state index contributed by atoms with van der Waals surface area (Å²) in [5.41, 5.74) is 0.893. The van der Waals surface area contributed by atoms with Crippen molar-refractivity contribution in [2.45, 2.75) is 19.8 Å². The molecule has 2 rings (SSSR count). The van der Waals surface area contributed by atoms with Crippen LogP contribution in [-0.2, 0) is 0 Å². The van der Waals surface area contributed by atoms with Crippen molar-refractivity contribution in [1.82, 2.24) is 9.97 Å². The van der Waals surface area contributed by atoms with Crippen molar-refractivity contribution < 1.29 is 14.6 Å². The quantitative estimate of drug-likeness (QED) is 0.912. The molecule has 0 saturated carbocycles. The maximum absolute atomic E-state index is 10.8. The fourth-order valence-corrected chi connectivity index (χ4v) is 1.66. The number of aromatic carboxylic acids is 1. The Morgan fingerprint density at radius 1 is 1.26 bits per heavy atom. The predicted octanol–water partition coefficient (Wildman–Crippen LogP) is 3.09. The highest BCUT2D eigenvalue weighted by molar-refractivity contribution is 5.84. The Kier molecular flexibility index (Phi) is 3.75. The molecule has 0 bridgehead atoms. The standard InChI is InChI=1S/C14H14N2O3/c1-9(2)10-5-3-4-6-12(10)19-13-8-15-7-11(16-13)14(17)18/h3-9H,1-2H3,(H,17,18). The molecule has 1 N–H and O–H groups in total. The lowest BCUT2D eigenvalue weighted by atomic mass is 10.0. The highest BCUT2D eigenvalue weighted by Gasteiger charge is 2.11. The van der Waals surface area contributed by atoms with Crippen molar-refractivity contribution in [3.8, 4) is 11.6 Å². The maximum Gasteiger partial charge on any atom is 0.356 e. The monoisotopic (exact) mass is 258 g/mol. The lowest BCUT2D eigenvalue weighted by Gasteiger charge is -2.12. The summed E-state index contributed by atoms with van der Waals surface area (Å²) < 4.78 is 5.62. The predicted molar refractivity (Wildman–Crippen MR) is 69.6 cm³/mol. The van der Waals surface area contributed by atoms with E-state index in [0.717, 1.165) is 5.56 Å². The van der Waals surface area contributed by atoms with Crippen LogP contribution >= 0.6 is 0 Å². The van der Waals surface area contributed by atoms with Gasteiger partial charge in [-0.1, -0.05) is 32.0 Å². The van der Waals surface area contributed by atoms with Crippen LogP contribution in [0.2, 0.25) is 0 Å². The number of rotatable bonds is 4. The van der Waals surface area contributed by atoms with Gasteiger partial charge < -0.3 is 9.84 Å². The molecule has 5 nitrogen and oxygen atoms in total. The molecule has 0 amide bonds. The van der Waals surface area contributed by atoms with Crippen LogP contribution in [-0.4, -0.2) is 21.0 Å². The second kappa shape index (κ2) is 5.48. The van der Waals surface area contributed by atoms with Crippen LogP contribution in [0, 0.1) is 0 Å². The lowest BCUT2D eigenvalue weighted by molar-refractivity contribution is 0.0689. The van der Waals surface area contributed by atoms with Gasteiger partial charge in [0.15, 0.2) is 5.69 Å². The molecule has 2 aromatic rings. The second-order valence-electron chi connectivity index (χ2n) is 4.34. The van der Waals surface area contributed by atoms with E-state index in [1.54, 1.807) is 0 Å². The minimum absolute atomic E-state index is 0.139. The Bertz CT molecular complexity index is 597. The Morgan fingerprint density at radius 3 is 2.68 bits per heavy atom. The van der Waals surface area contributed by atoms with Crippen LogP contribution in [0.5, 0.6) is 11.6 Å². The number of aromatic nitrogens is 2. The minimum Gasteiger partial charge on any atom is -0.476 e. The summed E-state index contributed by atoms with van der Waals surface area (Å²) in [6, 6.07) is 7.58.